The summed E-state index contributed by atoms with van der Waals surface area (Å²) in [6.45, 7) is 4.01. The monoisotopic (exact) mass is 347 g/mol. The number of amides is 1. The van der Waals surface area contributed by atoms with E-state index in [-0.39, 0.29) is 23.7 Å². The van der Waals surface area contributed by atoms with Crippen LogP contribution in [0.5, 0.6) is 0 Å². The molecule has 1 heterocycles. The Kier molecular flexibility index (Phi) is 5.29. The number of alkyl halides is 1. The molecular weight excluding hydrogens is 322 g/mol. The standard InChI is InChI=1S/C20H26ClNO2/c1-3-17(21)19(23)15-9-10-18-16(12-15)11-13(2)22(18)20(24)14-7-5-4-6-8-14/h9-10,12-14,17H,3-8,11H2,1-2H3. The number of nitrogens with zero attached hydrogens (tertiary/aromatic N) is 1. The quantitative estimate of drug-likeness (QED) is 0.582. The average molecular weight is 348 g/mol. The molecule has 4 heteroatoms. The van der Waals surface area contributed by atoms with Crippen molar-refractivity contribution in [1.29, 1.82) is 0 Å². The van der Waals surface area contributed by atoms with Crippen LogP contribution in [-0.2, 0) is 11.2 Å². The smallest absolute Gasteiger partial charge is 0.230 e. The minimum absolute atomic E-state index is 0.0216. The number of hydrogen-bond acceptors (Lipinski definition) is 2. The van der Waals surface area contributed by atoms with Crippen molar-refractivity contribution in [2.75, 3.05) is 4.90 Å². The van der Waals surface area contributed by atoms with Crippen LogP contribution in [0.2, 0.25) is 0 Å². The van der Waals surface area contributed by atoms with Crippen LogP contribution < -0.4 is 4.90 Å². The lowest BCUT2D eigenvalue weighted by Crippen LogP contribution is -2.40. The Morgan fingerprint density at radius 2 is 1.96 bits per heavy atom. The molecule has 3 nitrogen and oxygen atoms in total. The SMILES string of the molecule is CCC(Cl)C(=O)c1ccc2c(c1)CC(C)N2C(=O)C1CCCCC1. The minimum Gasteiger partial charge on any atom is -0.309 e. The number of benzene rings is 1. The molecule has 1 saturated carbocycles. The predicted octanol–water partition coefficient (Wildman–Crippen LogP) is 4.74. The maximum atomic E-state index is 13.0. The number of carbonyl (C=O) groups is 2. The highest BCUT2D eigenvalue weighted by molar-refractivity contribution is 6.33. The molecule has 2 atom stereocenters. The molecule has 1 aromatic rings. The van der Waals surface area contributed by atoms with Crippen LogP contribution in [0.25, 0.3) is 0 Å². The van der Waals surface area contributed by atoms with Crippen molar-refractivity contribution in [3.05, 3.63) is 29.3 Å². The number of Topliss-reactive ketones (excluding diaryl/α,β-unsaturated/α-hetero) is 1. The molecule has 0 aromatic heterocycles. The van der Waals surface area contributed by atoms with Gasteiger partial charge in [-0.25, -0.2) is 0 Å². The van der Waals surface area contributed by atoms with Gasteiger partial charge in [0.2, 0.25) is 5.91 Å². The molecule has 0 spiro atoms. The zero-order valence-electron chi connectivity index (χ0n) is 14.6. The van der Waals surface area contributed by atoms with E-state index in [2.05, 4.69) is 6.92 Å². The first kappa shape index (κ1) is 17.5. The Bertz CT molecular complexity index is 637. The van der Waals surface area contributed by atoms with Crippen LogP contribution in [0, 0.1) is 5.92 Å². The lowest BCUT2D eigenvalue weighted by atomic mass is 9.88. The van der Waals surface area contributed by atoms with Gasteiger partial charge in [-0.3, -0.25) is 9.59 Å². The summed E-state index contributed by atoms with van der Waals surface area (Å²) in [6, 6.07) is 5.86. The van der Waals surface area contributed by atoms with Crippen molar-refractivity contribution in [1.82, 2.24) is 0 Å². The lowest BCUT2D eigenvalue weighted by Gasteiger charge is -2.29. The average Bonchev–Trinajstić information content (AvgIpc) is 2.95. The normalized spacial score (nSPS) is 22.3. The van der Waals surface area contributed by atoms with Crippen LogP contribution in [-0.4, -0.2) is 23.1 Å². The number of hydrogen-bond donors (Lipinski definition) is 0. The van der Waals surface area contributed by atoms with Crippen LogP contribution in [0.1, 0.15) is 68.3 Å². The Labute approximate surface area is 149 Å². The Morgan fingerprint density at radius 3 is 2.62 bits per heavy atom. The highest BCUT2D eigenvalue weighted by Crippen LogP contribution is 2.36. The molecule has 1 aliphatic heterocycles. The van der Waals surface area contributed by atoms with Crippen molar-refractivity contribution in [2.24, 2.45) is 5.92 Å². The zero-order valence-corrected chi connectivity index (χ0v) is 15.3. The molecule has 1 aromatic carbocycles. The number of carbonyl (C=O) groups excluding carboxylic acids is 2. The Balaban J connectivity index is 1.84. The summed E-state index contributed by atoms with van der Waals surface area (Å²) in [5.74, 6) is 0.413. The van der Waals surface area contributed by atoms with E-state index in [0.29, 0.717) is 12.0 Å². The van der Waals surface area contributed by atoms with Gasteiger partial charge in [-0.2, -0.15) is 0 Å². The third-order valence-corrected chi connectivity index (χ3v) is 5.92. The first-order valence-corrected chi connectivity index (χ1v) is 9.60. The molecule has 2 unspecified atom stereocenters. The van der Waals surface area contributed by atoms with Gasteiger partial charge < -0.3 is 4.90 Å². The fraction of sp³-hybridized carbons (Fsp3) is 0.600. The fourth-order valence-electron chi connectivity index (χ4n) is 4.03. The van der Waals surface area contributed by atoms with Gasteiger partial charge in [0.1, 0.15) is 0 Å². The number of ketones is 1. The minimum atomic E-state index is -0.471. The molecule has 130 valence electrons. The van der Waals surface area contributed by atoms with Crippen molar-refractivity contribution in [2.45, 2.75) is 70.2 Å². The maximum absolute atomic E-state index is 13.0. The largest absolute Gasteiger partial charge is 0.309 e. The zero-order chi connectivity index (χ0) is 17.3. The number of fused-ring (bicyclic) bond motifs is 1. The lowest BCUT2D eigenvalue weighted by molar-refractivity contribution is -0.123. The van der Waals surface area contributed by atoms with Crippen molar-refractivity contribution in [3.8, 4) is 0 Å². The molecule has 0 N–H and O–H groups in total. The van der Waals surface area contributed by atoms with Gasteiger partial charge in [0.25, 0.3) is 0 Å². The van der Waals surface area contributed by atoms with E-state index in [4.69, 9.17) is 11.6 Å². The molecule has 0 radical (unpaired) electrons. The van der Waals surface area contributed by atoms with Gasteiger partial charge in [-0.1, -0.05) is 26.2 Å². The second kappa shape index (κ2) is 7.26. The number of halogens is 1. The van der Waals surface area contributed by atoms with E-state index in [1.807, 2.05) is 30.0 Å². The van der Waals surface area contributed by atoms with Gasteiger partial charge in [-0.05, 0) is 56.4 Å². The topological polar surface area (TPSA) is 37.4 Å². The molecule has 3 rings (SSSR count). The maximum Gasteiger partial charge on any atom is 0.230 e. The summed E-state index contributed by atoms with van der Waals surface area (Å²) in [7, 11) is 0. The van der Waals surface area contributed by atoms with Crippen LogP contribution >= 0.6 is 11.6 Å². The number of anilines is 1. The number of rotatable bonds is 4. The molecule has 1 aliphatic carbocycles. The second-order valence-corrected chi connectivity index (χ2v) is 7.71. The van der Waals surface area contributed by atoms with Crippen LogP contribution in [0.3, 0.4) is 0 Å². The fourth-order valence-corrected chi connectivity index (χ4v) is 4.16. The summed E-state index contributed by atoms with van der Waals surface area (Å²) < 4.78 is 0. The Hall–Kier alpha value is -1.35. The third-order valence-electron chi connectivity index (χ3n) is 5.41. The van der Waals surface area contributed by atoms with E-state index >= 15 is 0 Å². The van der Waals surface area contributed by atoms with E-state index in [9.17, 15) is 9.59 Å². The van der Waals surface area contributed by atoms with Gasteiger partial charge in [-0.15, -0.1) is 11.6 Å². The van der Waals surface area contributed by atoms with Crippen molar-refractivity contribution in [3.63, 3.8) is 0 Å². The van der Waals surface area contributed by atoms with Crippen LogP contribution in [0.4, 0.5) is 5.69 Å². The van der Waals surface area contributed by atoms with Gasteiger partial charge in [0, 0.05) is 23.2 Å². The summed E-state index contributed by atoms with van der Waals surface area (Å²) in [5, 5.41) is -0.471. The first-order valence-electron chi connectivity index (χ1n) is 9.17. The van der Waals surface area contributed by atoms with E-state index in [0.717, 1.165) is 43.4 Å². The van der Waals surface area contributed by atoms with Gasteiger partial charge in [0.05, 0.1) is 5.38 Å². The van der Waals surface area contributed by atoms with E-state index in [1.54, 1.807) is 0 Å². The molecule has 0 bridgehead atoms. The third kappa shape index (κ3) is 3.23. The molecule has 2 aliphatic rings. The second-order valence-electron chi connectivity index (χ2n) is 7.18. The highest BCUT2D eigenvalue weighted by atomic mass is 35.5. The van der Waals surface area contributed by atoms with E-state index in [1.165, 1.54) is 6.42 Å². The summed E-state index contributed by atoms with van der Waals surface area (Å²) in [4.78, 5) is 27.3. The predicted molar refractivity (Wildman–Crippen MR) is 97.9 cm³/mol. The van der Waals surface area contributed by atoms with Crippen molar-refractivity contribution < 1.29 is 9.59 Å². The summed E-state index contributed by atoms with van der Waals surface area (Å²) in [5.41, 5.74) is 2.74. The molecular formula is C20H26ClNO2. The summed E-state index contributed by atoms with van der Waals surface area (Å²) >= 11 is 6.10. The molecule has 0 saturated heterocycles. The molecule has 1 fully saturated rings. The highest BCUT2D eigenvalue weighted by Gasteiger charge is 2.35. The first-order chi connectivity index (χ1) is 11.5. The summed E-state index contributed by atoms with van der Waals surface area (Å²) in [6.07, 6.45) is 7.03. The van der Waals surface area contributed by atoms with Crippen molar-refractivity contribution >= 4 is 29.0 Å². The van der Waals surface area contributed by atoms with Crippen LogP contribution in [0.15, 0.2) is 18.2 Å². The van der Waals surface area contributed by atoms with Gasteiger partial charge in [0.15, 0.2) is 5.78 Å². The molecule has 1 amide bonds. The Morgan fingerprint density at radius 1 is 1.25 bits per heavy atom. The van der Waals surface area contributed by atoms with E-state index < -0.39 is 5.38 Å². The van der Waals surface area contributed by atoms with Gasteiger partial charge >= 0.3 is 0 Å². The molecule has 24 heavy (non-hydrogen) atoms.